The number of amides is 1. The number of methoxy groups -OCH3 is 1. The van der Waals surface area contributed by atoms with E-state index in [1.165, 1.54) is 11.3 Å². The average molecular weight is 386 g/mol. The summed E-state index contributed by atoms with van der Waals surface area (Å²) < 4.78 is 6.68. The number of thiophene rings is 1. The molecule has 0 spiro atoms. The second-order valence-electron chi connectivity index (χ2n) is 3.24. The molecule has 0 atom stereocenters. The molecule has 0 saturated carbocycles. The third-order valence-electron chi connectivity index (χ3n) is 1.97. The van der Waals surface area contributed by atoms with E-state index in [1.54, 1.807) is 7.11 Å². The molecule has 1 rings (SSSR count). The molecule has 0 aliphatic heterocycles. The molecule has 17 heavy (non-hydrogen) atoms. The quantitative estimate of drug-likeness (QED) is 0.707. The lowest BCUT2D eigenvalue weighted by Crippen LogP contribution is -2.33. The van der Waals surface area contributed by atoms with Gasteiger partial charge >= 0.3 is 0 Å². The molecule has 1 aromatic heterocycles. The first-order valence-electron chi connectivity index (χ1n) is 5.08. The molecule has 0 fully saturated rings. The molecule has 0 aliphatic rings. The van der Waals surface area contributed by atoms with Crippen LogP contribution in [0.1, 0.15) is 10.4 Å². The highest BCUT2D eigenvalue weighted by molar-refractivity contribution is 9.12. The standard InChI is InChI=1S/C10H14Br2N2O2S/c1-16-5-4-13-2-3-14-10(15)7-6-8(11)17-9(7)12/h6,13H,2-5H2,1H3,(H,14,15). The fourth-order valence-corrected chi connectivity index (χ4v) is 3.95. The van der Waals surface area contributed by atoms with E-state index in [0.29, 0.717) is 18.7 Å². The SMILES string of the molecule is COCCNCCNC(=O)c1cc(Br)sc1Br. The van der Waals surface area contributed by atoms with E-state index >= 15 is 0 Å². The van der Waals surface area contributed by atoms with Gasteiger partial charge in [0.15, 0.2) is 0 Å². The summed E-state index contributed by atoms with van der Waals surface area (Å²) in [5, 5.41) is 6.00. The minimum absolute atomic E-state index is 0.0626. The van der Waals surface area contributed by atoms with Gasteiger partial charge in [-0.2, -0.15) is 0 Å². The second kappa shape index (κ2) is 8.20. The van der Waals surface area contributed by atoms with Crippen LogP contribution in [0.3, 0.4) is 0 Å². The Morgan fingerprint density at radius 1 is 1.41 bits per heavy atom. The van der Waals surface area contributed by atoms with E-state index in [4.69, 9.17) is 4.74 Å². The predicted octanol–water partition coefficient (Wildman–Crippen LogP) is 2.24. The first-order valence-corrected chi connectivity index (χ1v) is 7.48. The molecule has 2 N–H and O–H groups in total. The largest absolute Gasteiger partial charge is 0.383 e. The lowest BCUT2D eigenvalue weighted by molar-refractivity contribution is 0.0953. The van der Waals surface area contributed by atoms with E-state index in [9.17, 15) is 4.79 Å². The number of carbonyl (C=O) groups is 1. The van der Waals surface area contributed by atoms with Crippen LogP contribution in [0.5, 0.6) is 0 Å². The molecule has 1 heterocycles. The topological polar surface area (TPSA) is 50.4 Å². The highest BCUT2D eigenvalue weighted by Crippen LogP contribution is 2.31. The second-order valence-corrected chi connectivity index (χ2v) is 6.99. The van der Waals surface area contributed by atoms with Gasteiger partial charge < -0.3 is 15.4 Å². The number of hydrogen-bond acceptors (Lipinski definition) is 4. The van der Waals surface area contributed by atoms with Crippen LogP contribution in [0.25, 0.3) is 0 Å². The van der Waals surface area contributed by atoms with Gasteiger partial charge in [-0.05, 0) is 37.9 Å². The molecule has 4 nitrogen and oxygen atoms in total. The maximum absolute atomic E-state index is 11.8. The third kappa shape index (κ3) is 5.48. The molecule has 7 heteroatoms. The van der Waals surface area contributed by atoms with Crippen LogP contribution in [0.4, 0.5) is 0 Å². The van der Waals surface area contributed by atoms with Crippen molar-refractivity contribution in [1.82, 2.24) is 10.6 Å². The van der Waals surface area contributed by atoms with Crippen molar-refractivity contribution in [3.63, 3.8) is 0 Å². The lowest BCUT2D eigenvalue weighted by atomic mass is 10.3. The van der Waals surface area contributed by atoms with E-state index in [2.05, 4.69) is 42.5 Å². The van der Waals surface area contributed by atoms with Gasteiger partial charge in [-0.1, -0.05) is 0 Å². The summed E-state index contributed by atoms with van der Waals surface area (Å²) in [4.78, 5) is 11.8. The summed E-state index contributed by atoms with van der Waals surface area (Å²) in [7, 11) is 1.66. The van der Waals surface area contributed by atoms with Gasteiger partial charge in [-0.25, -0.2) is 0 Å². The predicted molar refractivity (Wildman–Crippen MR) is 76.8 cm³/mol. The normalized spacial score (nSPS) is 10.5. The van der Waals surface area contributed by atoms with Crippen molar-refractivity contribution in [2.75, 3.05) is 33.4 Å². The zero-order chi connectivity index (χ0) is 12.7. The zero-order valence-corrected chi connectivity index (χ0v) is 13.4. The van der Waals surface area contributed by atoms with Crippen molar-refractivity contribution in [2.45, 2.75) is 0 Å². The Morgan fingerprint density at radius 2 is 2.18 bits per heavy atom. The van der Waals surface area contributed by atoms with Crippen LogP contribution in [0, 0.1) is 0 Å². The van der Waals surface area contributed by atoms with Crippen LogP contribution in [0.2, 0.25) is 0 Å². The average Bonchev–Trinajstić information content (AvgIpc) is 2.62. The maximum Gasteiger partial charge on any atom is 0.253 e. The van der Waals surface area contributed by atoms with Gasteiger partial charge in [-0.15, -0.1) is 11.3 Å². The summed E-state index contributed by atoms with van der Waals surface area (Å²) in [5.41, 5.74) is 0.666. The molecule has 1 aromatic rings. The third-order valence-corrected chi connectivity index (χ3v) is 4.31. The minimum Gasteiger partial charge on any atom is -0.383 e. The Labute approximate surface area is 121 Å². The molecule has 0 unspecified atom stereocenters. The fourth-order valence-electron chi connectivity index (χ4n) is 1.15. The summed E-state index contributed by atoms with van der Waals surface area (Å²) in [6.07, 6.45) is 0. The van der Waals surface area contributed by atoms with Gasteiger partial charge in [0, 0.05) is 26.7 Å². The minimum atomic E-state index is -0.0626. The summed E-state index contributed by atoms with van der Waals surface area (Å²) in [5.74, 6) is -0.0626. The first kappa shape index (κ1) is 15.1. The molecular formula is C10H14Br2N2O2S. The highest BCUT2D eigenvalue weighted by atomic mass is 79.9. The van der Waals surface area contributed by atoms with Gasteiger partial charge in [-0.3, -0.25) is 4.79 Å². The van der Waals surface area contributed by atoms with E-state index in [-0.39, 0.29) is 5.91 Å². The Balaban J connectivity index is 2.23. The molecule has 1 amide bonds. The van der Waals surface area contributed by atoms with Crippen molar-refractivity contribution in [1.29, 1.82) is 0 Å². The first-order chi connectivity index (χ1) is 8.15. The van der Waals surface area contributed by atoms with Crippen molar-refractivity contribution in [3.05, 3.63) is 19.2 Å². The van der Waals surface area contributed by atoms with Gasteiger partial charge in [0.25, 0.3) is 5.91 Å². The molecular weight excluding hydrogens is 372 g/mol. The number of rotatable bonds is 7. The Hall–Kier alpha value is 0.0500. The Bertz CT molecular complexity index is 371. The fraction of sp³-hybridized carbons (Fsp3) is 0.500. The molecule has 0 aromatic carbocycles. The Morgan fingerprint density at radius 3 is 2.76 bits per heavy atom. The van der Waals surface area contributed by atoms with Crippen LogP contribution >= 0.6 is 43.2 Å². The molecule has 96 valence electrons. The van der Waals surface area contributed by atoms with Crippen LogP contribution in [-0.4, -0.2) is 39.3 Å². The van der Waals surface area contributed by atoms with Crippen LogP contribution < -0.4 is 10.6 Å². The highest BCUT2D eigenvalue weighted by Gasteiger charge is 2.12. The van der Waals surface area contributed by atoms with Crippen molar-refractivity contribution in [3.8, 4) is 0 Å². The summed E-state index contributed by atoms with van der Waals surface area (Å²) in [6.45, 7) is 2.80. The number of halogens is 2. The van der Waals surface area contributed by atoms with E-state index in [0.717, 1.165) is 20.7 Å². The smallest absolute Gasteiger partial charge is 0.253 e. The van der Waals surface area contributed by atoms with Gasteiger partial charge in [0.1, 0.15) is 0 Å². The van der Waals surface area contributed by atoms with Crippen molar-refractivity contribution in [2.24, 2.45) is 0 Å². The monoisotopic (exact) mass is 384 g/mol. The number of carbonyl (C=O) groups excluding carboxylic acids is 1. The molecule has 0 radical (unpaired) electrons. The molecule has 0 saturated heterocycles. The lowest BCUT2D eigenvalue weighted by Gasteiger charge is -2.05. The molecule has 0 bridgehead atoms. The van der Waals surface area contributed by atoms with Crippen LogP contribution in [-0.2, 0) is 4.74 Å². The van der Waals surface area contributed by atoms with E-state index < -0.39 is 0 Å². The summed E-state index contributed by atoms with van der Waals surface area (Å²) in [6, 6.07) is 1.81. The van der Waals surface area contributed by atoms with Gasteiger partial charge in [0.05, 0.1) is 19.7 Å². The molecule has 0 aliphatic carbocycles. The number of ether oxygens (including phenoxy) is 1. The van der Waals surface area contributed by atoms with Gasteiger partial charge in [0.2, 0.25) is 0 Å². The van der Waals surface area contributed by atoms with Crippen LogP contribution in [0.15, 0.2) is 13.6 Å². The maximum atomic E-state index is 11.8. The summed E-state index contributed by atoms with van der Waals surface area (Å²) >= 11 is 8.19. The number of nitrogens with one attached hydrogen (secondary N) is 2. The Kier molecular flexibility index (Phi) is 7.29. The van der Waals surface area contributed by atoms with Crippen molar-refractivity contribution >= 4 is 49.1 Å². The van der Waals surface area contributed by atoms with E-state index in [1.807, 2.05) is 6.07 Å². The zero-order valence-electron chi connectivity index (χ0n) is 9.39. The number of hydrogen-bond donors (Lipinski definition) is 2. The van der Waals surface area contributed by atoms with Crippen molar-refractivity contribution < 1.29 is 9.53 Å².